The summed E-state index contributed by atoms with van der Waals surface area (Å²) < 4.78 is 5.72. The van der Waals surface area contributed by atoms with E-state index in [1.54, 1.807) is 0 Å². The molecule has 0 bridgehead atoms. The summed E-state index contributed by atoms with van der Waals surface area (Å²) in [6.07, 6.45) is 5.94. The normalized spacial score (nSPS) is 10.4. The number of halogens is 1. The number of hydrogen-bond acceptors (Lipinski definition) is 1. The zero-order valence-electron chi connectivity index (χ0n) is 10.0. The summed E-state index contributed by atoms with van der Waals surface area (Å²) in [6.45, 7) is 3.04. The summed E-state index contributed by atoms with van der Waals surface area (Å²) in [6, 6.07) is 8.46. The number of ether oxygens (including phenoxy) is 1. The monoisotopic (exact) mass is 284 g/mol. The van der Waals surface area contributed by atoms with Gasteiger partial charge in [-0.3, -0.25) is 0 Å². The lowest BCUT2D eigenvalue weighted by Gasteiger charge is -2.07. The third-order valence-corrected chi connectivity index (χ3v) is 3.04. The van der Waals surface area contributed by atoms with Gasteiger partial charge in [-0.15, -0.1) is 0 Å². The first-order valence-electron chi connectivity index (χ1n) is 6.14. The van der Waals surface area contributed by atoms with E-state index in [0.717, 1.165) is 30.5 Å². The first-order chi connectivity index (χ1) is 7.86. The standard InChI is InChI=1S/C14H21BrO/c1-2-7-13-8-6-9-14(12-13)16-11-5-3-4-10-15/h6,8-9,12H,2-5,7,10-11H2,1H3. The number of unbranched alkanes of at least 4 members (excludes halogenated alkanes) is 2. The summed E-state index contributed by atoms with van der Waals surface area (Å²) in [5.41, 5.74) is 1.38. The summed E-state index contributed by atoms with van der Waals surface area (Å²) in [7, 11) is 0. The maximum absolute atomic E-state index is 5.72. The molecule has 1 nitrogen and oxygen atoms in total. The van der Waals surface area contributed by atoms with E-state index < -0.39 is 0 Å². The average molecular weight is 285 g/mol. The van der Waals surface area contributed by atoms with E-state index in [4.69, 9.17) is 4.74 Å². The van der Waals surface area contributed by atoms with Crippen LogP contribution in [-0.4, -0.2) is 11.9 Å². The highest BCUT2D eigenvalue weighted by atomic mass is 79.9. The number of hydrogen-bond donors (Lipinski definition) is 0. The number of benzene rings is 1. The molecule has 1 aromatic carbocycles. The van der Waals surface area contributed by atoms with Crippen LogP contribution in [0.3, 0.4) is 0 Å². The maximum Gasteiger partial charge on any atom is 0.119 e. The van der Waals surface area contributed by atoms with Gasteiger partial charge >= 0.3 is 0 Å². The van der Waals surface area contributed by atoms with Crippen LogP contribution >= 0.6 is 15.9 Å². The molecule has 0 aliphatic heterocycles. The lowest BCUT2D eigenvalue weighted by atomic mass is 10.1. The van der Waals surface area contributed by atoms with E-state index >= 15 is 0 Å². The smallest absolute Gasteiger partial charge is 0.119 e. The van der Waals surface area contributed by atoms with E-state index in [0.29, 0.717) is 0 Å². The van der Waals surface area contributed by atoms with Crippen molar-refractivity contribution in [2.45, 2.75) is 39.0 Å². The minimum absolute atomic E-state index is 0.836. The maximum atomic E-state index is 5.72. The first kappa shape index (κ1) is 13.6. The Hall–Kier alpha value is -0.500. The van der Waals surface area contributed by atoms with Crippen molar-refractivity contribution in [3.8, 4) is 5.75 Å². The zero-order chi connectivity index (χ0) is 11.6. The molecule has 0 N–H and O–H groups in total. The molecule has 0 heterocycles. The highest BCUT2D eigenvalue weighted by molar-refractivity contribution is 9.09. The molecule has 16 heavy (non-hydrogen) atoms. The quantitative estimate of drug-likeness (QED) is 0.501. The fourth-order valence-electron chi connectivity index (χ4n) is 1.64. The number of rotatable bonds is 8. The van der Waals surface area contributed by atoms with Gasteiger partial charge in [-0.2, -0.15) is 0 Å². The fraction of sp³-hybridized carbons (Fsp3) is 0.571. The lowest BCUT2D eigenvalue weighted by molar-refractivity contribution is 0.306. The van der Waals surface area contributed by atoms with Gasteiger partial charge in [0, 0.05) is 5.33 Å². The second-order valence-electron chi connectivity index (χ2n) is 4.00. The van der Waals surface area contributed by atoms with Crippen LogP contribution in [0.2, 0.25) is 0 Å². The van der Waals surface area contributed by atoms with Crippen molar-refractivity contribution in [1.82, 2.24) is 0 Å². The van der Waals surface area contributed by atoms with Crippen LogP contribution in [0, 0.1) is 0 Å². The summed E-state index contributed by atoms with van der Waals surface area (Å²) in [4.78, 5) is 0. The SMILES string of the molecule is CCCc1cccc(OCCCCCBr)c1. The van der Waals surface area contributed by atoms with Crippen LogP contribution in [0.1, 0.15) is 38.2 Å². The molecule has 0 saturated heterocycles. The van der Waals surface area contributed by atoms with Crippen LogP contribution in [0.4, 0.5) is 0 Å². The van der Waals surface area contributed by atoms with Crippen molar-refractivity contribution in [3.05, 3.63) is 29.8 Å². The molecule has 0 aliphatic rings. The average Bonchev–Trinajstić information content (AvgIpc) is 2.30. The molecule has 1 rings (SSSR count). The predicted molar refractivity (Wildman–Crippen MR) is 73.6 cm³/mol. The van der Waals surface area contributed by atoms with Crippen molar-refractivity contribution in [2.75, 3.05) is 11.9 Å². The fourth-order valence-corrected chi connectivity index (χ4v) is 2.04. The van der Waals surface area contributed by atoms with Gasteiger partial charge in [-0.05, 0) is 43.4 Å². The van der Waals surface area contributed by atoms with Crippen molar-refractivity contribution >= 4 is 15.9 Å². The largest absolute Gasteiger partial charge is 0.494 e. The zero-order valence-corrected chi connectivity index (χ0v) is 11.6. The molecular formula is C14H21BrO. The van der Waals surface area contributed by atoms with Crippen molar-refractivity contribution < 1.29 is 4.74 Å². The molecule has 0 radical (unpaired) electrons. The van der Waals surface area contributed by atoms with Crippen molar-refractivity contribution in [3.63, 3.8) is 0 Å². The highest BCUT2D eigenvalue weighted by Gasteiger charge is 1.96. The summed E-state index contributed by atoms with van der Waals surface area (Å²) >= 11 is 3.43. The molecule has 1 aromatic rings. The highest BCUT2D eigenvalue weighted by Crippen LogP contribution is 2.15. The molecule has 0 aromatic heterocycles. The Labute approximate surface area is 107 Å². The Morgan fingerprint density at radius 3 is 2.81 bits per heavy atom. The van der Waals surface area contributed by atoms with E-state index in [2.05, 4.69) is 41.1 Å². The third-order valence-electron chi connectivity index (χ3n) is 2.48. The van der Waals surface area contributed by atoms with Gasteiger partial charge < -0.3 is 4.74 Å². The van der Waals surface area contributed by atoms with Gasteiger partial charge in [-0.25, -0.2) is 0 Å². The van der Waals surface area contributed by atoms with Gasteiger partial charge in [0.2, 0.25) is 0 Å². The second-order valence-corrected chi connectivity index (χ2v) is 4.79. The van der Waals surface area contributed by atoms with Crippen LogP contribution in [0.25, 0.3) is 0 Å². The minimum atomic E-state index is 0.836. The van der Waals surface area contributed by atoms with Crippen LogP contribution in [0.15, 0.2) is 24.3 Å². The van der Waals surface area contributed by atoms with Gasteiger partial charge in [0.1, 0.15) is 5.75 Å². The molecule has 0 aliphatic carbocycles. The van der Waals surface area contributed by atoms with Gasteiger partial charge in [-0.1, -0.05) is 41.4 Å². The number of aryl methyl sites for hydroxylation is 1. The topological polar surface area (TPSA) is 9.23 Å². The van der Waals surface area contributed by atoms with E-state index in [1.807, 2.05) is 6.07 Å². The van der Waals surface area contributed by atoms with Crippen LogP contribution < -0.4 is 4.74 Å². The molecule has 0 saturated carbocycles. The molecular weight excluding hydrogens is 264 g/mol. The minimum Gasteiger partial charge on any atom is -0.494 e. The van der Waals surface area contributed by atoms with E-state index in [9.17, 15) is 0 Å². The molecule has 0 amide bonds. The van der Waals surface area contributed by atoms with Gasteiger partial charge in [0.05, 0.1) is 6.61 Å². The van der Waals surface area contributed by atoms with Crippen LogP contribution in [0.5, 0.6) is 5.75 Å². The van der Waals surface area contributed by atoms with Gasteiger partial charge in [0.25, 0.3) is 0 Å². The second kappa shape index (κ2) is 8.63. The van der Waals surface area contributed by atoms with Crippen molar-refractivity contribution in [2.24, 2.45) is 0 Å². The Morgan fingerprint density at radius 1 is 1.19 bits per heavy atom. The lowest BCUT2D eigenvalue weighted by Crippen LogP contribution is -1.98. The Morgan fingerprint density at radius 2 is 2.06 bits per heavy atom. The van der Waals surface area contributed by atoms with Gasteiger partial charge in [0.15, 0.2) is 0 Å². The molecule has 90 valence electrons. The molecule has 2 heteroatoms. The van der Waals surface area contributed by atoms with Crippen molar-refractivity contribution in [1.29, 1.82) is 0 Å². The molecule has 0 atom stereocenters. The number of alkyl halides is 1. The Balaban J connectivity index is 2.27. The molecule has 0 spiro atoms. The molecule has 0 fully saturated rings. The Bertz CT molecular complexity index is 286. The molecule has 0 unspecified atom stereocenters. The first-order valence-corrected chi connectivity index (χ1v) is 7.26. The van der Waals surface area contributed by atoms with Crippen LogP contribution in [-0.2, 0) is 6.42 Å². The Kier molecular flexibility index (Phi) is 7.32. The predicted octanol–water partition coefficient (Wildman–Crippen LogP) is 4.58. The summed E-state index contributed by atoms with van der Waals surface area (Å²) in [5, 5.41) is 1.10. The third kappa shape index (κ3) is 5.55. The van der Waals surface area contributed by atoms with E-state index in [1.165, 1.54) is 24.8 Å². The van der Waals surface area contributed by atoms with E-state index in [-0.39, 0.29) is 0 Å². The summed E-state index contributed by atoms with van der Waals surface area (Å²) in [5.74, 6) is 1.02.